The molecule has 0 saturated heterocycles. The van der Waals surface area contributed by atoms with Gasteiger partial charge >= 0.3 is 0 Å². The summed E-state index contributed by atoms with van der Waals surface area (Å²) in [4.78, 5) is 0. The van der Waals surface area contributed by atoms with Gasteiger partial charge < -0.3 is 15.8 Å². The van der Waals surface area contributed by atoms with Crippen molar-refractivity contribution in [1.29, 1.82) is 0 Å². The highest BCUT2D eigenvalue weighted by Crippen LogP contribution is 2.39. The molecule has 3 nitrogen and oxygen atoms in total. The minimum Gasteiger partial charge on any atom is -0.496 e. The zero-order valence-electron chi connectivity index (χ0n) is 15.7. The van der Waals surface area contributed by atoms with Crippen LogP contribution in [0.15, 0.2) is 36.4 Å². The standard InChI is InChI=1S/C22H21F3N2O/c1-3-11-6-12-4-5-20-14(13(12)9-21(11)28-2)8-19(26)22(27-20)15-7-17(24)18(25)10-16(15)23/h4-7,9-10,19,22,27H,3,8,26H2,1-2H3/t19-,22+/m0/s1. The van der Waals surface area contributed by atoms with E-state index in [0.717, 1.165) is 45.8 Å². The first kappa shape index (κ1) is 18.6. The second-order valence-corrected chi connectivity index (χ2v) is 7.11. The summed E-state index contributed by atoms with van der Waals surface area (Å²) >= 11 is 0. The number of hydrogen-bond donors (Lipinski definition) is 2. The van der Waals surface area contributed by atoms with Gasteiger partial charge in [-0.2, -0.15) is 0 Å². The molecule has 0 spiro atoms. The summed E-state index contributed by atoms with van der Waals surface area (Å²) < 4.78 is 46.8. The van der Waals surface area contributed by atoms with Crippen molar-refractivity contribution in [3.05, 3.63) is 70.5 Å². The number of nitrogens with one attached hydrogen (secondary N) is 1. The first-order valence-electron chi connectivity index (χ1n) is 9.22. The van der Waals surface area contributed by atoms with E-state index in [1.54, 1.807) is 7.11 Å². The number of methoxy groups -OCH3 is 1. The van der Waals surface area contributed by atoms with Crippen molar-refractivity contribution in [2.24, 2.45) is 5.73 Å². The predicted molar refractivity (Wildman–Crippen MR) is 104 cm³/mol. The summed E-state index contributed by atoms with van der Waals surface area (Å²) in [6.45, 7) is 2.07. The second-order valence-electron chi connectivity index (χ2n) is 7.11. The molecule has 146 valence electrons. The van der Waals surface area contributed by atoms with Crippen LogP contribution in [-0.4, -0.2) is 13.2 Å². The van der Waals surface area contributed by atoms with Crippen molar-refractivity contribution in [1.82, 2.24) is 0 Å². The molecular formula is C22H21F3N2O. The summed E-state index contributed by atoms with van der Waals surface area (Å²) in [5.41, 5.74) is 9.27. The van der Waals surface area contributed by atoms with E-state index < -0.39 is 29.5 Å². The maximum atomic E-state index is 14.3. The molecule has 0 unspecified atom stereocenters. The van der Waals surface area contributed by atoms with Crippen LogP contribution in [0.3, 0.4) is 0 Å². The van der Waals surface area contributed by atoms with Crippen LogP contribution >= 0.6 is 0 Å². The Balaban J connectivity index is 1.80. The number of fused-ring (bicyclic) bond motifs is 3. The van der Waals surface area contributed by atoms with E-state index in [4.69, 9.17) is 10.5 Å². The van der Waals surface area contributed by atoms with Crippen LogP contribution in [0.5, 0.6) is 5.75 Å². The Morgan fingerprint density at radius 3 is 2.54 bits per heavy atom. The number of aryl methyl sites for hydroxylation is 1. The molecule has 0 saturated carbocycles. The van der Waals surface area contributed by atoms with Crippen LogP contribution in [0.1, 0.15) is 29.7 Å². The number of nitrogens with two attached hydrogens (primary N) is 1. The van der Waals surface area contributed by atoms with Gasteiger partial charge in [0.2, 0.25) is 0 Å². The normalized spacial score (nSPS) is 18.6. The van der Waals surface area contributed by atoms with E-state index in [1.165, 1.54) is 0 Å². The van der Waals surface area contributed by atoms with E-state index in [9.17, 15) is 13.2 Å². The number of hydrogen-bond acceptors (Lipinski definition) is 3. The third kappa shape index (κ3) is 2.98. The predicted octanol–water partition coefficient (Wildman–Crippen LogP) is 4.86. The molecular weight excluding hydrogens is 365 g/mol. The monoisotopic (exact) mass is 386 g/mol. The van der Waals surface area contributed by atoms with Crippen LogP contribution in [0, 0.1) is 17.5 Å². The van der Waals surface area contributed by atoms with Crippen LogP contribution in [-0.2, 0) is 12.8 Å². The molecule has 0 aliphatic carbocycles. The highest BCUT2D eigenvalue weighted by molar-refractivity contribution is 5.92. The third-order valence-corrected chi connectivity index (χ3v) is 5.47. The molecule has 0 bridgehead atoms. The SMILES string of the molecule is CCc1cc2ccc3c(c2cc1OC)C[C@H](N)[C@@H](c1cc(F)c(F)cc1F)N3. The van der Waals surface area contributed by atoms with Gasteiger partial charge in [0.15, 0.2) is 11.6 Å². The Kier molecular flexibility index (Phi) is 4.67. The largest absolute Gasteiger partial charge is 0.496 e. The van der Waals surface area contributed by atoms with Gasteiger partial charge in [0.05, 0.1) is 13.2 Å². The summed E-state index contributed by atoms with van der Waals surface area (Å²) in [7, 11) is 1.64. The molecule has 3 N–H and O–H groups in total. The van der Waals surface area contributed by atoms with Crippen LogP contribution in [0.4, 0.5) is 18.9 Å². The zero-order valence-corrected chi connectivity index (χ0v) is 15.7. The van der Waals surface area contributed by atoms with E-state index in [1.807, 2.05) is 18.2 Å². The topological polar surface area (TPSA) is 47.3 Å². The van der Waals surface area contributed by atoms with Crippen molar-refractivity contribution in [3.63, 3.8) is 0 Å². The molecule has 0 amide bonds. The molecule has 4 rings (SSSR count). The van der Waals surface area contributed by atoms with E-state index >= 15 is 0 Å². The highest BCUT2D eigenvalue weighted by Gasteiger charge is 2.30. The lowest BCUT2D eigenvalue weighted by Gasteiger charge is -2.34. The molecule has 1 aliphatic rings. The molecule has 1 aliphatic heterocycles. The second kappa shape index (κ2) is 7.02. The number of ether oxygens (including phenoxy) is 1. The van der Waals surface area contributed by atoms with Crippen LogP contribution < -0.4 is 15.8 Å². The summed E-state index contributed by atoms with van der Waals surface area (Å²) in [6.07, 6.45) is 1.32. The Bertz CT molecular complexity index is 1070. The number of benzene rings is 3. The molecule has 1 heterocycles. The fourth-order valence-electron chi connectivity index (χ4n) is 4.00. The fourth-order valence-corrected chi connectivity index (χ4v) is 4.00. The minimum absolute atomic E-state index is 0.0241. The van der Waals surface area contributed by atoms with Crippen molar-refractivity contribution >= 4 is 16.5 Å². The van der Waals surface area contributed by atoms with E-state index in [2.05, 4.69) is 18.3 Å². The lowest BCUT2D eigenvalue weighted by molar-refractivity contribution is 0.411. The molecule has 0 fully saturated rings. The van der Waals surface area contributed by atoms with Crippen molar-refractivity contribution < 1.29 is 17.9 Å². The van der Waals surface area contributed by atoms with Crippen molar-refractivity contribution in [2.75, 3.05) is 12.4 Å². The van der Waals surface area contributed by atoms with Crippen molar-refractivity contribution in [3.8, 4) is 5.75 Å². The maximum absolute atomic E-state index is 14.3. The molecule has 3 aromatic rings. The van der Waals surface area contributed by atoms with Crippen LogP contribution in [0.2, 0.25) is 0 Å². The first-order chi connectivity index (χ1) is 13.4. The lowest BCUT2D eigenvalue weighted by atomic mass is 9.86. The van der Waals surface area contributed by atoms with Gasteiger partial charge in [-0.25, -0.2) is 13.2 Å². The van der Waals surface area contributed by atoms with Gasteiger partial charge in [0, 0.05) is 23.4 Å². The summed E-state index contributed by atoms with van der Waals surface area (Å²) in [6, 6.07) is 8.28. The summed E-state index contributed by atoms with van der Waals surface area (Å²) in [5.74, 6) is -2.31. The minimum atomic E-state index is -1.21. The molecule has 3 aromatic carbocycles. The molecule has 6 heteroatoms. The fraction of sp³-hybridized carbons (Fsp3) is 0.273. The molecule has 0 radical (unpaired) electrons. The van der Waals surface area contributed by atoms with E-state index in [-0.39, 0.29) is 5.56 Å². The van der Waals surface area contributed by atoms with E-state index in [0.29, 0.717) is 12.5 Å². The van der Waals surface area contributed by atoms with Gasteiger partial charge in [-0.15, -0.1) is 0 Å². The smallest absolute Gasteiger partial charge is 0.161 e. The highest BCUT2D eigenvalue weighted by atomic mass is 19.2. The Hall–Kier alpha value is -2.73. The quantitative estimate of drug-likeness (QED) is 0.632. The number of halogens is 3. The summed E-state index contributed by atoms with van der Waals surface area (Å²) in [5, 5.41) is 5.30. The lowest BCUT2D eigenvalue weighted by Crippen LogP contribution is -2.39. The third-order valence-electron chi connectivity index (χ3n) is 5.47. The van der Waals surface area contributed by atoms with Crippen molar-refractivity contribution in [2.45, 2.75) is 31.8 Å². The first-order valence-corrected chi connectivity index (χ1v) is 9.22. The van der Waals surface area contributed by atoms with Gasteiger partial charge in [-0.1, -0.05) is 13.0 Å². The Labute approximate surface area is 161 Å². The number of anilines is 1. The molecule has 0 aromatic heterocycles. The number of rotatable bonds is 3. The Morgan fingerprint density at radius 2 is 1.82 bits per heavy atom. The van der Waals surface area contributed by atoms with Gasteiger partial charge in [0.25, 0.3) is 0 Å². The van der Waals surface area contributed by atoms with Gasteiger partial charge in [-0.3, -0.25) is 0 Å². The van der Waals surface area contributed by atoms with Crippen LogP contribution in [0.25, 0.3) is 10.8 Å². The Morgan fingerprint density at radius 1 is 1.07 bits per heavy atom. The average Bonchev–Trinajstić information content (AvgIpc) is 2.69. The molecule has 28 heavy (non-hydrogen) atoms. The zero-order chi connectivity index (χ0) is 20.0. The maximum Gasteiger partial charge on any atom is 0.161 e. The van der Waals surface area contributed by atoms with Gasteiger partial charge in [0.1, 0.15) is 11.6 Å². The molecule has 2 atom stereocenters. The average molecular weight is 386 g/mol. The van der Waals surface area contributed by atoms with Gasteiger partial charge in [-0.05, 0) is 59.0 Å².